The number of nitrogens with one attached hydrogen (secondary N) is 2. The normalized spacial score (nSPS) is 12.2. The fourth-order valence-electron chi connectivity index (χ4n) is 4.30. The molecule has 1 amide bonds. The molecule has 5 rings (SSSR count). The van der Waals surface area contributed by atoms with Gasteiger partial charge in [0.05, 0.1) is 28.4 Å². The number of carbonyl (C=O) groups is 1. The molecule has 38 heavy (non-hydrogen) atoms. The van der Waals surface area contributed by atoms with Gasteiger partial charge in [-0.2, -0.15) is 4.39 Å². The van der Waals surface area contributed by atoms with E-state index in [0.29, 0.717) is 39.1 Å². The molecule has 0 aliphatic carbocycles. The molecule has 0 bridgehead atoms. The third kappa shape index (κ3) is 5.10. The molecule has 4 aromatic heterocycles. The Bertz CT molecular complexity index is 1600. The summed E-state index contributed by atoms with van der Waals surface area (Å²) < 4.78 is 54.3. The van der Waals surface area contributed by atoms with E-state index in [1.165, 1.54) is 18.3 Å². The highest BCUT2D eigenvalue weighted by atomic mass is 19.3. The van der Waals surface area contributed by atoms with Crippen molar-refractivity contribution < 1.29 is 22.4 Å². The Kier molecular flexibility index (Phi) is 6.87. The quantitative estimate of drug-likeness (QED) is 0.186. The molecular formula is C28H21F4N5O. The maximum absolute atomic E-state index is 14.4. The van der Waals surface area contributed by atoms with Crippen LogP contribution < -0.4 is 5.32 Å². The molecule has 5 aromatic rings. The van der Waals surface area contributed by atoms with E-state index in [1.54, 1.807) is 49.5 Å². The van der Waals surface area contributed by atoms with Gasteiger partial charge in [-0.05, 0) is 55.0 Å². The zero-order valence-electron chi connectivity index (χ0n) is 20.1. The number of carbonyl (C=O) groups excluding carboxylic acids is 1. The molecule has 10 heteroatoms. The number of H-pyrrole nitrogens is 1. The molecule has 192 valence electrons. The van der Waals surface area contributed by atoms with Gasteiger partial charge in [0.2, 0.25) is 18.3 Å². The van der Waals surface area contributed by atoms with Crippen molar-refractivity contribution in [3.8, 4) is 22.5 Å². The predicted octanol–water partition coefficient (Wildman–Crippen LogP) is 6.65. The summed E-state index contributed by atoms with van der Waals surface area (Å²) >= 11 is 0. The zero-order chi connectivity index (χ0) is 26.8. The highest BCUT2D eigenvalue weighted by Crippen LogP contribution is 2.37. The van der Waals surface area contributed by atoms with E-state index in [2.05, 4.69) is 25.3 Å². The summed E-state index contributed by atoms with van der Waals surface area (Å²) in [5.41, 5.74) is 3.87. The minimum absolute atomic E-state index is 0.120. The average Bonchev–Trinajstić information content (AvgIpc) is 3.26. The minimum atomic E-state index is -2.75. The molecule has 4 heterocycles. The second-order valence-electron chi connectivity index (χ2n) is 8.73. The van der Waals surface area contributed by atoms with Crippen molar-refractivity contribution >= 4 is 22.8 Å². The lowest BCUT2D eigenvalue weighted by Crippen LogP contribution is -2.23. The lowest BCUT2D eigenvalue weighted by molar-refractivity contribution is -0.118. The van der Waals surface area contributed by atoms with E-state index in [-0.39, 0.29) is 11.4 Å². The smallest absolute Gasteiger partial charge is 0.239 e. The fourth-order valence-corrected chi connectivity index (χ4v) is 4.30. The Labute approximate surface area is 214 Å². The van der Waals surface area contributed by atoms with Gasteiger partial charge < -0.3 is 10.3 Å². The van der Waals surface area contributed by atoms with Gasteiger partial charge in [-0.25, -0.2) is 23.1 Å². The van der Waals surface area contributed by atoms with Gasteiger partial charge in [-0.15, -0.1) is 0 Å². The number of pyridine rings is 3. The van der Waals surface area contributed by atoms with Crippen LogP contribution in [0, 0.1) is 18.7 Å². The van der Waals surface area contributed by atoms with Crippen LogP contribution in [0.3, 0.4) is 0 Å². The van der Waals surface area contributed by atoms with Gasteiger partial charge >= 0.3 is 0 Å². The maximum atomic E-state index is 14.4. The summed E-state index contributed by atoms with van der Waals surface area (Å²) in [6, 6.07) is 15.1. The monoisotopic (exact) mass is 519 g/mol. The molecule has 2 N–H and O–H groups in total. The van der Waals surface area contributed by atoms with E-state index in [1.807, 2.05) is 0 Å². The highest BCUT2D eigenvalue weighted by molar-refractivity contribution is 6.01. The number of aryl methyl sites for hydroxylation is 1. The van der Waals surface area contributed by atoms with Crippen LogP contribution in [0.5, 0.6) is 0 Å². The molecule has 0 unspecified atom stereocenters. The van der Waals surface area contributed by atoms with Crippen molar-refractivity contribution in [3.05, 3.63) is 95.9 Å². The van der Waals surface area contributed by atoms with Gasteiger partial charge in [0.15, 0.2) is 0 Å². The standard InChI is InChI=1S/C28H21F4N5O/c1-15-12-21-26(37-27(15)32)24(20-4-2-3-10-33-20)25(35-21)17-9-11-34-23(13-17)36-28(38)19(14-22(30)31)16-5-7-18(29)8-6-16/h2-13,19,22,35H,14H2,1H3,(H,34,36,38)/t19-/m1/s1. The lowest BCUT2D eigenvalue weighted by atomic mass is 9.95. The van der Waals surface area contributed by atoms with Crippen LogP contribution in [-0.2, 0) is 4.79 Å². The number of halogens is 4. The van der Waals surface area contributed by atoms with Crippen LogP contribution in [0.2, 0.25) is 0 Å². The molecule has 0 fully saturated rings. The molecule has 0 radical (unpaired) electrons. The van der Waals surface area contributed by atoms with Crippen LogP contribution in [-0.4, -0.2) is 32.3 Å². The number of aromatic amines is 1. The third-order valence-electron chi connectivity index (χ3n) is 6.12. The first-order valence-electron chi connectivity index (χ1n) is 11.7. The van der Waals surface area contributed by atoms with Crippen LogP contribution in [0.15, 0.2) is 73.1 Å². The number of alkyl halides is 2. The van der Waals surface area contributed by atoms with E-state index in [0.717, 1.165) is 12.1 Å². The number of benzene rings is 1. The van der Waals surface area contributed by atoms with E-state index < -0.39 is 36.4 Å². The van der Waals surface area contributed by atoms with Crippen molar-refractivity contribution in [2.24, 2.45) is 0 Å². The number of anilines is 1. The molecule has 0 saturated heterocycles. The number of nitrogens with zero attached hydrogens (tertiary/aromatic N) is 3. The number of fused-ring (bicyclic) bond motifs is 1. The largest absolute Gasteiger partial charge is 0.353 e. The van der Waals surface area contributed by atoms with Crippen LogP contribution in [0.1, 0.15) is 23.5 Å². The van der Waals surface area contributed by atoms with Gasteiger partial charge in [0, 0.05) is 29.9 Å². The highest BCUT2D eigenvalue weighted by Gasteiger charge is 2.26. The topological polar surface area (TPSA) is 83.6 Å². The lowest BCUT2D eigenvalue weighted by Gasteiger charge is -2.17. The van der Waals surface area contributed by atoms with Crippen LogP contribution in [0.4, 0.5) is 23.4 Å². The van der Waals surface area contributed by atoms with E-state index in [4.69, 9.17) is 0 Å². The molecule has 1 aromatic carbocycles. The Balaban J connectivity index is 1.53. The van der Waals surface area contributed by atoms with Crippen LogP contribution in [0.25, 0.3) is 33.5 Å². The SMILES string of the molecule is Cc1cc2[nH]c(-c3ccnc(NC(=O)[C@H](CC(F)F)c4ccc(F)cc4)c3)c(-c3ccccn3)c2nc1F. The summed E-state index contributed by atoms with van der Waals surface area (Å²) in [7, 11) is 0. The van der Waals surface area contributed by atoms with Gasteiger partial charge in [-0.1, -0.05) is 18.2 Å². The predicted molar refractivity (Wildman–Crippen MR) is 136 cm³/mol. The van der Waals surface area contributed by atoms with Gasteiger partial charge in [0.25, 0.3) is 0 Å². The minimum Gasteiger partial charge on any atom is -0.353 e. The summed E-state index contributed by atoms with van der Waals surface area (Å²) in [6.45, 7) is 1.61. The van der Waals surface area contributed by atoms with Crippen molar-refractivity contribution in [2.75, 3.05) is 5.32 Å². The van der Waals surface area contributed by atoms with Crippen molar-refractivity contribution in [1.82, 2.24) is 19.9 Å². The first kappa shape index (κ1) is 25.1. The Morgan fingerprint density at radius 1 is 1.00 bits per heavy atom. The van der Waals surface area contributed by atoms with Crippen LogP contribution >= 0.6 is 0 Å². The molecule has 0 saturated carbocycles. The first-order valence-corrected chi connectivity index (χ1v) is 11.7. The number of hydrogen-bond acceptors (Lipinski definition) is 4. The van der Waals surface area contributed by atoms with Crippen molar-refractivity contribution in [3.63, 3.8) is 0 Å². The summed E-state index contributed by atoms with van der Waals surface area (Å²) in [6.07, 6.45) is -0.421. The summed E-state index contributed by atoms with van der Waals surface area (Å²) in [5, 5.41) is 2.60. The molecule has 0 aliphatic rings. The third-order valence-corrected chi connectivity index (χ3v) is 6.12. The molecule has 0 spiro atoms. The second-order valence-corrected chi connectivity index (χ2v) is 8.73. The molecule has 1 atom stereocenters. The summed E-state index contributed by atoms with van der Waals surface area (Å²) in [4.78, 5) is 29.0. The van der Waals surface area contributed by atoms with E-state index >= 15 is 0 Å². The fraction of sp³-hybridized carbons (Fsp3) is 0.143. The van der Waals surface area contributed by atoms with Crippen molar-refractivity contribution in [2.45, 2.75) is 25.7 Å². The Morgan fingerprint density at radius 3 is 2.50 bits per heavy atom. The Hall–Kier alpha value is -4.60. The number of rotatable bonds is 7. The molecule has 6 nitrogen and oxygen atoms in total. The van der Waals surface area contributed by atoms with Gasteiger partial charge in [-0.3, -0.25) is 9.78 Å². The Morgan fingerprint density at radius 2 is 1.79 bits per heavy atom. The zero-order valence-corrected chi connectivity index (χ0v) is 20.1. The van der Waals surface area contributed by atoms with Crippen molar-refractivity contribution in [1.29, 1.82) is 0 Å². The first-order chi connectivity index (χ1) is 18.3. The van der Waals surface area contributed by atoms with E-state index in [9.17, 15) is 22.4 Å². The molecule has 0 aliphatic heterocycles. The molecular weight excluding hydrogens is 498 g/mol. The average molecular weight is 520 g/mol. The van der Waals surface area contributed by atoms with Gasteiger partial charge in [0.1, 0.15) is 17.2 Å². The summed E-state index contributed by atoms with van der Waals surface area (Å²) in [5.74, 6) is -2.94. The maximum Gasteiger partial charge on any atom is 0.239 e. The number of aromatic nitrogens is 4. The number of hydrogen-bond donors (Lipinski definition) is 2. The number of amides is 1. The second kappa shape index (κ2) is 10.4.